The molecule has 0 bridgehead atoms. The summed E-state index contributed by atoms with van der Waals surface area (Å²) in [6, 6.07) is 3.49. The van der Waals surface area contributed by atoms with E-state index in [1.54, 1.807) is 0 Å². The second-order valence-corrected chi connectivity index (χ2v) is 4.93. The number of benzene rings is 1. The Kier molecular flexibility index (Phi) is 6.46. The van der Waals surface area contributed by atoms with E-state index in [1.807, 2.05) is 19.0 Å². The Labute approximate surface area is 128 Å². The van der Waals surface area contributed by atoms with Crippen LogP contribution in [0, 0.1) is 10.1 Å². The molecule has 1 N–H and O–H groups in total. The number of amides is 1. The fourth-order valence-electron chi connectivity index (χ4n) is 1.78. The first-order valence-corrected chi connectivity index (χ1v) is 6.66. The van der Waals surface area contributed by atoms with Crippen molar-refractivity contribution in [2.75, 3.05) is 34.3 Å². The number of methoxy groups -OCH3 is 1. The van der Waals surface area contributed by atoms with Crippen LogP contribution in [-0.4, -0.2) is 56.0 Å². The molecular weight excluding hydrogens is 290 g/mol. The van der Waals surface area contributed by atoms with E-state index >= 15 is 0 Å². The van der Waals surface area contributed by atoms with Gasteiger partial charge in [0.2, 0.25) is 0 Å². The van der Waals surface area contributed by atoms with Gasteiger partial charge in [0.25, 0.3) is 11.6 Å². The van der Waals surface area contributed by atoms with E-state index in [2.05, 4.69) is 10.1 Å². The number of nitro groups is 1. The number of rotatable bonds is 7. The average Bonchev–Trinajstić information content (AvgIpc) is 2.49. The molecule has 0 saturated heterocycles. The monoisotopic (exact) mass is 309 g/mol. The van der Waals surface area contributed by atoms with E-state index in [0.717, 1.165) is 25.1 Å². The fraction of sp³-hybridized carbons (Fsp3) is 0.429. The maximum atomic E-state index is 12.0. The highest BCUT2D eigenvalue weighted by Crippen LogP contribution is 2.18. The van der Waals surface area contributed by atoms with Gasteiger partial charge in [-0.3, -0.25) is 14.9 Å². The molecule has 0 atom stereocenters. The number of nitrogens with one attached hydrogen (secondary N) is 1. The van der Waals surface area contributed by atoms with Gasteiger partial charge in [-0.25, -0.2) is 4.79 Å². The Morgan fingerprint density at radius 3 is 2.45 bits per heavy atom. The predicted octanol–water partition coefficient (Wildman–Crippen LogP) is 1.06. The molecule has 0 radical (unpaired) electrons. The molecule has 0 spiro atoms. The molecule has 0 aromatic heterocycles. The Morgan fingerprint density at radius 2 is 1.91 bits per heavy atom. The summed E-state index contributed by atoms with van der Waals surface area (Å²) < 4.78 is 4.53. The van der Waals surface area contributed by atoms with Crippen LogP contribution >= 0.6 is 0 Å². The van der Waals surface area contributed by atoms with Crippen LogP contribution < -0.4 is 5.32 Å². The molecule has 0 fully saturated rings. The Balaban J connectivity index is 2.88. The number of nitro benzene ring substituents is 1. The maximum Gasteiger partial charge on any atom is 0.338 e. The molecule has 1 rings (SSSR count). The zero-order valence-corrected chi connectivity index (χ0v) is 12.8. The van der Waals surface area contributed by atoms with Crippen LogP contribution in [0.25, 0.3) is 0 Å². The Morgan fingerprint density at radius 1 is 1.27 bits per heavy atom. The topological polar surface area (TPSA) is 102 Å². The normalized spacial score (nSPS) is 10.4. The van der Waals surface area contributed by atoms with Crippen LogP contribution in [0.5, 0.6) is 0 Å². The van der Waals surface area contributed by atoms with Crippen molar-refractivity contribution in [2.24, 2.45) is 0 Å². The van der Waals surface area contributed by atoms with Crippen molar-refractivity contribution in [3.8, 4) is 0 Å². The molecule has 0 aliphatic heterocycles. The minimum absolute atomic E-state index is 0.0323. The summed E-state index contributed by atoms with van der Waals surface area (Å²) in [5, 5.41) is 13.6. The molecule has 8 nitrogen and oxygen atoms in total. The molecule has 0 saturated carbocycles. The molecular formula is C14H19N3O5. The van der Waals surface area contributed by atoms with Crippen molar-refractivity contribution in [3.05, 3.63) is 39.4 Å². The van der Waals surface area contributed by atoms with E-state index in [1.165, 1.54) is 13.2 Å². The smallest absolute Gasteiger partial charge is 0.338 e. The highest BCUT2D eigenvalue weighted by molar-refractivity contribution is 5.98. The van der Waals surface area contributed by atoms with Gasteiger partial charge in [-0.15, -0.1) is 0 Å². The SMILES string of the molecule is COC(=O)c1cc(C(=O)NCCCN(C)C)cc([N+](=O)[O-])c1. The summed E-state index contributed by atoms with van der Waals surface area (Å²) in [7, 11) is 5.01. The first-order chi connectivity index (χ1) is 10.3. The summed E-state index contributed by atoms with van der Waals surface area (Å²) >= 11 is 0. The maximum absolute atomic E-state index is 12.0. The molecule has 8 heteroatoms. The number of hydrogen-bond donors (Lipinski definition) is 1. The molecule has 22 heavy (non-hydrogen) atoms. The van der Waals surface area contributed by atoms with Gasteiger partial charge < -0.3 is 15.0 Å². The van der Waals surface area contributed by atoms with Crippen molar-refractivity contribution in [3.63, 3.8) is 0 Å². The molecule has 0 unspecified atom stereocenters. The summed E-state index contributed by atoms with van der Waals surface area (Å²) in [5.74, 6) is -1.20. The summed E-state index contributed by atoms with van der Waals surface area (Å²) in [6.45, 7) is 1.25. The van der Waals surface area contributed by atoms with Gasteiger partial charge in [0.05, 0.1) is 17.6 Å². The zero-order chi connectivity index (χ0) is 16.7. The molecule has 0 aliphatic carbocycles. The first kappa shape index (κ1) is 17.6. The van der Waals surface area contributed by atoms with Crippen LogP contribution in [0.4, 0.5) is 5.69 Å². The third kappa shape index (κ3) is 5.13. The Bertz CT molecular complexity index is 572. The van der Waals surface area contributed by atoms with Gasteiger partial charge in [-0.05, 0) is 33.1 Å². The summed E-state index contributed by atoms with van der Waals surface area (Å²) in [6.07, 6.45) is 0.748. The lowest BCUT2D eigenvalue weighted by atomic mass is 10.1. The number of non-ortho nitro benzene ring substituents is 1. The molecule has 1 aromatic rings. The van der Waals surface area contributed by atoms with Crippen LogP contribution in [-0.2, 0) is 4.74 Å². The third-order valence-corrected chi connectivity index (χ3v) is 2.88. The highest BCUT2D eigenvalue weighted by Gasteiger charge is 2.18. The van der Waals surface area contributed by atoms with Crippen LogP contribution in [0.2, 0.25) is 0 Å². The minimum atomic E-state index is -0.731. The van der Waals surface area contributed by atoms with E-state index < -0.39 is 16.8 Å². The fourth-order valence-corrected chi connectivity index (χ4v) is 1.78. The van der Waals surface area contributed by atoms with Crippen molar-refractivity contribution in [1.82, 2.24) is 10.2 Å². The molecule has 1 aromatic carbocycles. The number of esters is 1. The Hall–Kier alpha value is -2.48. The second kappa shape index (κ2) is 8.08. The van der Waals surface area contributed by atoms with Gasteiger partial charge in [-0.2, -0.15) is 0 Å². The minimum Gasteiger partial charge on any atom is -0.465 e. The van der Waals surface area contributed by atoms with E-state index in [0.29, 0.717) is 6.54 Å². The largest absolute Gasteiger partial charge is 0.465 e. The van der Waals surface area contributed by atoms with E-state index in [4.69, 9.17) is 0 Å². The second-order valence-electron chi connectivity index (χ2n) is 4.93. The van der Waals surface area contributed by atoms with Crippen molar-refractivity contribution in [2.45, 2.75) is 6.42 Å². The van der Waals surface area contributed by atoms with E-state index in [9.17, 15) is 19.7 Å². The zero-order valence-electron chi connectivity index (χ0n) is 12.8. The molecule has 0 aliphatic rings. The standard InChI is InChI=1S/C14H19N3O5/c1-16(2)6-4-5-15-13(18)10-7-11(14(19)22-3)9-12(8-10)17(20)21/h7-9H,4-6H2,1-3H3,(H,15,18). The quantitative estimate of drug-likeness (QED) is 0.350. The summed E-state index contributed by atoms with van der Waals surface area (Å²) in [5.41, 5.74) is -0.309. The number of carbonyl (C=O) groups is 2. The van der Waals surface area contributed by atoms with Crippen LogP contribution in [0.15, 0.2) is 18.2 Å². The highest BCUT2D eigenvalue weighted by atomic mass is 16.6. The summed E-state index contributed by atoms with van der Waals surface area (Å²) in [4.78, 5) is 35.8. The molecule has 120 valence electrons. The van der Waals surface area contributed by atoms with Gasteiger partial charge in [-0.1, -0.05) is 0 Å². The van der Waals surface area contributed by atoms with Crippen molar-refractivity contribution < 1.29 is 19.2 Å². The van der Waals surface area contributed by atoms with Gasteiger partial charge in [0.15, 0.2) is 0 Å². The predicted molar refractivity (Wildman–Crippen MR) is 79.9 cm³/mol. The van der Waals surface area contributed by atoms with Crippen molar-refractivity contribution >= 4 is 17.6 Å². The number of nitrogens with zero attached hydrogens (tertiary/aromatic N) is 2. The van der Waals surface area contributed by atoms with E-state index in [-0.39, 0.29) is 16.8 Å². The van der Waals surface area contributed by atoms with Crippen molar-refractivity contribution in [1.29, 1.82) is 0 Å². The lowest BCUT2D eigenvalue weighted by molar-refractivity contribution is -0.384. The number of hydrogen-bond acceptors (Lipinski definition) is 6. The van der Waals surface area contributed by atoms with Crippen LogP contribution in [0.1, 0.15) is 27.1 Å². The van der Waals surface area contributed by atoms with Gasteiger partial charge in [0, 0.05) is 24.2 Å². The van der Waals surface area contributed by atoms with Crippen LogP contribution in [0.3, 0.4) is 0 Å². The average molecular weight is 309 g/mol. The van der Waals surface area contributed by atoms with Gasteiger partial charge in [0.1, 0.15) is 0 Å². The van der Waals surface area contributed by atoms with Gasteiger partial charge >= 0.3 is 5.97 Å². The molecule has 0 heterocycles. The number of ether oxygens (including phenoxy) is 1. The molecule has 1 amide bonds. The number of carbonyl (C=O) groups excluding carboxylic acids is 2. The lowest BCUT2D eigenvalue weighted by Crippen LogP contribution is -2.27. The third-order valence-electron chi connectivity index (χ3n) is 2.88. The lowest BCUT2D eigenvalue weighted by Gasteiger charge is -2.10. The first-order valence-electron chi connectivity index (χ1n) is 6.66.